The number of hydrogen-bond donors (Lipinski definition) is 2. The van der Waals surface area contributed by atoms with E-state index in [9.17, 15) is 9.59 Å². The van der Waals surface area contributed by atoms with Crippen LogP contribution in [-0.4, -0.2) is 61.7 Å². The number of likely N-dealkylation sites (tertiary alicyclic amines) is 1. The molecule has 3 amide bonds. The van der Waals surface area contributed by atoms with Gasteiger partial charge in [0.25, 0.3) is 0 Å². The molecule has 5 atom stereocenters. The van der Waals surface area contributed by atoms with Gasteiger partial charge in [0, 0.05) is 13.1 Å². The number of rotatable bonds is 11. The van der Waals surface area contributed by atoms with Crippen LogP contribution in [-0.2, 0) is 14.1 Å². The lowest BCUT2D eigenvalue weighted by molar-refractivity contribution is -0.150. The highest BCUT2D eigenvalue weighted by Gasteiger charge is 2.61. The van der Waals surface area contributed by atoms with Crippen molar-refractivity contribution >= 4 is 19.1 Å². The molecular formula is C25H44BN3O4. The maximum absolute atomic E-state index is 12.9. The average molecular weight is 461 g/mol. The molecule has 0 aromatic carbocycles. The topological polar surface area (TPSA) is 79.9 Å². The minimum Gasteiger partial charge on any atom is -0.405 e. The van der Waals surface area contributed by atoms with Gasteiger partial charge in [0.2, 0.25) is 5.91 Å². The van der Waals surface area contributed by atoms with Gasteiger partial charge in [0.1, 0.15) is 6.04 Å². The fourth-order valence-electron chi connectivity index (χ4n) is 6.46. The van der Waals surface area contributed by atoms with Crippen LogP contribution in [0.2, 0.25) is 0 Å². The van der Waals surface area contributed by atoms with Gasteiger partial charge in [-0.25, -0.2) is 4.79 Å². The van der Waals surface area contributed by atoms with Crippen molar-refractivity contribution in [1.82, 2.24) is 15.5 Å². The molecule has 0 aromatic heterocycles. The maximum atomic E-state index is 12.9. The van der Waals surface area contributed by atoms with Gasteiger partial charge in [-0.1, -0.05) is 59.3 Å². The summed E-state index contributed by atoms with van der Waals surface area (Å²) in [5, 5.41) is 6.02. The van der Waals surface area contributed by atoms with Gasteiger partial charge < -0.3 is 24.8 Å². The molecule has 33 heavy (non-hydrogen) atoms. The summed E-state index contributed by atoms with van der Waals surface area (Å²) in [6.07, 6.45) is 13.1. The van der Waals surface area contributed by atoms with Gasteiger partial charge in [0.15, 0.2) is 0 Å². The van der Waals surface area contributed by atoms with Crippen LogP contribution >= 0.6 is 0 Å². The molecule has 8 heteroatoms. The lowest BCUT2D eigenvalue weighted by Crippen LogP contribution is -2.59. The Morgan fingerprint density at radius 1 is 1.03 bits per heavy atom. The summed E-state index contributed by atoms with van der Waals surface area (Å²) in [5.74, 6) is 1.20. The Kier molecular flexibility index (Phi) is 8.26. The number of unbranched alkanes of at least 4 members (excludes halogenated alkanes) is 6. The lowest BCUT2D eigenvalue weighted by atomic mass is 9.47. The minimum absolute atomic E-state index is 0.0923. The second kappa shape index (κ2) is 11.0. The summed E-state index contributed by atoms with van der Waals surface area (Å²) in [5.41, 5.74) is 0.343. The molecule has 5 fully saturated rings. The first-order chi connectivity index (χ1) is 15.9. The molecule has 7 nitrogen and oxygen atoms in total. The Hall–Kier alpha value is -1.28. The summed E-state index contributed by atoms with van der Waals surface area (Å²) < 4.78 is 12.3. The van der Waals surface area contributed by atoms with Crippen molar-refractivity contribution in [3.63, 3.8) is 0 Å². The standard InChI is InChI=1S/C25H44BN3O4/c1-4-5-6-7-8-9-10-13-27-24(31)29-14-11-12-20(29)23(30)28-17-26-32-21-16-18-15-19(22(21)33-26)25(18,2)3/h18-22H,4-17H2,1-3H3,(H,27,31)(H,28,30)/t18?,19-,20-,21?,22?/m0/s1. The minimum atomic E-state index is -0.394. The number of hydrogen-bond acceptors (Lipinski definition) is 4. The van der Waals surface area contributed by atoms with E-state index in [1.807, 2.05) is 0 Å². The number of carbonyl (C=O) groups is 2. The third-order valence-electron chi connectivity index (χ3n) is 8.78. The monoisotopic (exact) mass is 461 g/mol. The van der Waals surface area contributed by atoms with Crippen LogP contribution in [0.25, 0.3) is 0 Å². The Morgan fingerprint density at radius 2 is 1.79 bits per heavy atom. The van der Waals surface area contributed by atoms with Crippen LogP contribution < -0.4 is 10.6 Å². The van der Waals surface area contributed by atoms with Gasteiger partial charge >= 0.3 is 13.1 Å². The molecule has 2 N–H and O–H groups in total. The van der Waals surface area contributed by atoms with Gasteiger partial charge in [-0.15, -0.1) is 0 Å². The zero-order valence-electron chi connectivity index (χ0n) is 20.9. The molecule has 3 aliphatic carbocycles. The summed E-state index contributed by atoms with van der Waals surface area (Å²) >= 11 is 0. The Labute approximate surface area is 200 Å². The van der Waals surface area contributed by atoms with Crippen LogP contribution in [0.1, 0.15) is 91.4 Å². The van der Waals surface area contributed by atoms with Crippen LogP contribution in [0.3, 0.4) is 0 Å². The molecule has 186 valence electrons. The number of nitrogens with zero attached hydrogens (tertiary/aromatic N) is 1. The molecular weight excluding hydrogens is 417 g/mol. The first kappa shape index (κ1) is 24.8. The molecule has 0 aromatic rings. The van der Waals surface area contributed by atoms with E-state index in [2.05, 4.69) is 31.4 Å². The van der Waals surface area contributed by atoms with E-state index in [1.165, 1.54) is 38.5 Å². The smallest absolute Gasteiger partial charge is 0.405 e. The second-order valence-electron chi connectivity index (χ2n) is 11.3. The van der Waals surface area contributed by atoms with Crippen molar-refractivity contribution in [2.24, 2.45) is 17.3 Å². The zero-order chi connectivity index (χ0) is 23.4. The van der Waals surface area contributed by atoms with E-state index in [1.54, 1.807) is 4.90 Å². The SMILES string of the molecule is CCCCCCCCCNC(=O)N1CCC[C@H]1C(=O)NCB1OC2CC3C[C@@H](C2O1)C3(C)C. The van der Waals surface area contributed by atoms with Crippen molar-refractivity contribution in [2.45, 2.75) is 110 Å². The predicted molar refractivity (Wildman–Crippen MR) is 130 cm³/mol. The molecule has 2 aliphatic heterocycles. The Balaban J connectivity index is 1.14. The van der Waals surface area contributed by atoms with E-state index >= 15 is 0 Å². The largest absolute Gasteiger partial charge is 0.478 e. The molecule has 0 radical (unpaired) electrons. The van der Waals surface area contributed by atoms with E-state index in [-0.39, 0.29) is 31.3 Å². The fraction of sp³-hybridized carbons (Fsp3) is 0.920. The summed E-state index contributed by atoms with van der Waals surface area (Å²) in [6, 6.07) is -0.505. The highest BCUT2D eigenvalue weighted by molar-refractivity contribution is 6.45. The highest BCUT2D eigenvalue weighted by atomic mass is 16.7. The maximum Gasteiger partial charge on any atom is 0.478 e. The van der Waals surface area contributed by atoms with Crippen molar-refractivity contribution < 1.29 is 18.9 Å². The summed E-state index contributed by atoms with van der Waals surface area (Å²) in [6.45, 7) is 8.23. The molecule has 0 spiro atoms. The van der Waals surface area contributed by atoms with Gasteiger partial charge in [-0.05, 0) is 49.4 Å². The third kappa shape index (κ3) is 5.53. The second-order valence-corrected chi connectivity index (χ2v) is 11.3. The summed E-state index contributed by atoms with van der Waals surface area (Å²) in [7, 11) is -0.375. The van der Waals surface area contributed by atoms with Crippen molar-refractivity contribution in [2.75, 3.05) is 19.5 Å². The third-order valence-corrected chi connectivity index (χ3v) is 8.78. The lowest BCUT2D eigenvalue weighted by Gasteiger charge is -2.60. The fourth-order valence-corrected chi connectivity index (χ4v) is 6.46. The Morgan fingerprint density at radius 3 is 2.55 bits per heavy atom. The van der Waals surface area contributed by atoms with Crippen LogP contribution in [0.4, 0.5) is 4.79 Å². The van der Waals surface area contributed by atoms with Gasteiger partial charge in [0.05, 0.1) is 18.7 Å². The Bertz CT molecular complexity index is 691. The van der Waals surface area contributed by atoms with Crippen LogP contribution in [0.5, 0.6) is 0 Å². The van der Waals surface area contributed by atoms with E-state index in [4.69, 9.17) is 9.31 Å². The van der Waals surface area contributed by atoms with Crippen LogP contribution in [0.15, 0.2) is 0 Å². The number of carbonyl (C=O) groups excluding carboxylic acids is 2. The normalized spacial score (nSPS) is 31.8. The number of amides is 3. The quantitative estimate of drug-likeness (QED) is 0.361. The molecule has 2 saturated heterocycles. The molecule has 2 bridgehead atoms. The summed E-state index contributed by atoms with van der Waals surface area (Å²) in [4.78, 5) is 27.2. The molecule has 3 unspecified atom stereocenters. The average Bonchev–Trinajstić information content (AvgIpc) is 3.45. The zero-order valence-corrected chi connectivity index (χ0v) is 20.9. The first-order valence-corrected chi connectivity index (χ1v) is 13.5. The highest BCUT2D eigenvalue weighted by Crippen LogP contribution is 2.61. The van der Waals surface area contributed by atoms with Gasteiger partial charge in [-0.2, -0.15) is 0 Å². The predicted octanol–water partition coefficient (Wildman–Crippen LogP) is 3.90. The number of urea groups is 1. The van der Waals surface area contributed by atoms with Crippen molar-refractivity contribution in [1.29, 1.82) is 0 Å². The van der Waals surface area contributed by atoms with E-state index in [0.717, 1.165) is 31.6 Å². The van der Waals surface area contributed by atoms with Gasteiger partial charge in [-0.3, -0.25) is 4.79 Å². The molecule has 5 aliphatic rings. The molecule has 2 heterocycles. The van der Waals surface area contributed by atoms with Crippen LogP contribution in [0, 0.1) is 17.3 Å². The number of nitrogens with one attached hydrogen (secondary N) is 2. The first-order valence-electron chi connectivity index (χ1n) is 13.5. The van der Waals surface area contributed by atoms with E-state index < -0.39 is 6.04 Å². The molecule has 3 saturated carbocycles. The van der Waals surface area contributed by atoms with E-state index in [0.29, 0.717) is 37.3 Å². The molecule has 5 rings (SSSR count). The van der Waals surface area contributed by atoms with Crippen molar-refractivity contribution in [3.05, 3.63) is 0 Å². The van der Waals surface area contributed by atoms with Crippen molar-refractivity contribution in [3.8, 4) is 0 Å².